The lowest BCUT2D eigenvalue weighted by Crippen LogP contribution is -2.47. The van der Waals surface area contributed by atoms with E-state index in [1.165, 1.54) is 231 Å². The first-order chi connectivity index (χ1) is 33.3. The highest BCUT2D eigenvalue weighted by atomic mass is 16.2. The zero-order valence-electron chi connectivity index (χ0n) is 46.4. The van der Waals surface area contributed by atoms with Gasteiger partial charge in [-0.3, -0.25) is 19.2 Å². The number of carbonyl (C=O) groups excluding carboxylic acids is 4. The number of carbonyl (C=O) groups is 4. The van der Waals surface area contributed by atoms with Crippen molar-refractivity contribution in [1.29, 1.82) is 0 Å². The molecule has 8 heteroatoms. The van der Waals surface area contributed by atoms with Gasteiger partial charge in [-0.25, -0.2) is 0 Å². The predicted molar refractivity (Wildman–Crippen MR) is 296 cm³/mol. The fourth-order valence-corrected chi connectivity index (χ4v) is 9.14. The molecule has 68 heavy (non-hydrogen) atoms. The summed E-state index contributed by atoms with van der Waals surface area (Å²) < 4.78 is 0. The molecule has 0 rings (SSSR count). The van der Waals surface area contributed by atoms with Gasteiger partial charge in [0.2, 0.25) is 23.6 Å². The summed E-state index contributed by atoms with van der Waals surface area (Å²) in [5.74, 6) is -0.0874. The van der Waals surface area contributed by atoms with Gasteiger partial charge < -0.3 is 21.7 Å². The third-order valence-electron chi connectivity index (χ3n) is 13.8. The summed E-state index contributed by atoms with van der Waals surface area (Å²) in [6.45, 7) is 10.3. The van der Waals surface area contributed by atoms with Gasteiger partial charge >= 0.3 is 0 Å². The molecule has 0 saturated heterocycles. The first kappa shape index (κ1) is 68.0. The number of hydrogen-bond donors (Lipinski definition) is 4. The lowest BCUT2D eigenvalue weighted by Gasteiger charge is -2.19. The summed E-state index contributed by atoms with van der Waals surface area (Å²) in [5.41, 5.74) is 5.09. The SMILES string of the molecule is CCCCCCCCCCCCCCCC(=O)NCCCCC(NC(=O)CCCCCCCCCCCCCCC)C(=O)NCCCCCC.CCCCCCCCCCCCCCCC(N)=O. The number of rotatable bonds is 54. The molecule has 1 unspecified atom stereocenters. The maximum absolute atomic E-state index is 13.0. The Bertz CT molecular complexity index is 1050. The van der Waals surface area contributed by atoms with Crippen molar-refractivity contribution in [2.45, 2.75) is 348 Å². The van der Waals surface area contributed by atoms with Gasteiger partial charge in [0.1, 0.15) is 6.04 Å². The van der Waals surface area contributed by atoms with Crippen LogP contribution in [0.15, 0.2) is 0 Å². The quantitative estimate of drug-likeness (QED) is 0.0452. The molecule has 404 valence electrons. The molecule has 0 aromatic rings. The lowest BCUT2D eigenvalue weighted by molar-refractivity contribution is -0.129. The van der Waals surface area contributed by atoms with E-state index in [4.69, 9.17) is 5.73 Å². The zero-order chi connectivity index (χ0) is 50.1. The van der Waals surface area contributed by atoms with Crippen LogP contribution in [0.1, 0.15) is 342 Å². The van der Waals surface area contributed by atoms with Crippen molar-refractivity contribution < 1.29 is 19.2 Å². The van der Waals surface area contributed by atoms with Gasteiger partial charge in [0, 0.05) is 32.4 Å². The second kappa shape index (κ2) is 59.2. The Morgan fingerprint density at radius 2 is 0.574 bits per heavy atom. The average molecular weight is 962 g/mol. The number of unbranched alkanes of at least 4 members (excludes halogenated alkanes) is 40. The molecule has 0 aliphatic rings. The molecule has 0 spiro atoms. The summed E-state index contributed by atoms with van der Waals surface area (Å²) >= 11 is 0. The van der Waals surface area contributed by atoms with E-state index in [1.54, 1.807) is 0 Å². The molecular formula is C60H120N4O4. The van der Waals surface area contributed by atoms with Crippen LogP contribution in [0.4, 0.5) is 0 Å². The Balaban J connectivity index is 0. The van der Waals surface area contributed by atoms with Crippen LogP contribution in [-0.4, -0.2) is 42.8 Å². The van der Waals surface area contributed by atoms with Crippen molar-refractivity contribution in [3.63, 3.8) is 0 Å². The van der Waals surface area contributed by atoms with Gasteiger partial charge in [-0.2, -0.15) is 0 Å². The molecular weight excluding hydrogens is 841 g/mol. The van der Waals surface area contributed by atoms with Gasteiger partial charge in [-0.05, 0) is 44.9 Å². The van der Waals surface area contributed by atoms with E-state index in [2.05, 4.69) is 43.6 Å². The van der Waals surface area contributed by atoms with Crippen LogP contribution in [0.5, 0.6) is 0 Å². The van der Waals surface area contributed by atoms with Crippen LogP contribution >= 0.6 is 0 Å². The van der Waals surface area contributed by atoms with Crippen molar-refractivity contribution in [2.24, 2.45) is 5.73 Å². The van der Waals surface area contributed by atoms with E-state index in [9.17, 15) is 19.2 Å². The topological polar surface area (TPSA) is 130 Å². The standard InChI is InChI=1S/C44H87N3O3.C16H33NO/c1-4-7-10-13-15-17-19-21-23-25-27-29-31-37-42(48)45-39-35-33-36-41(44(50)46-40-34-12-9-6-3)47-43(49)38-32-30-28-26-24-22-20-18-16-14-11-8-5-2;1-2-3-4-5-6-7-8-9-10-11-12-13-14-15-16(17)18/h41H,4-40H2,1-3H3,(H,45,48)(H,46,50)(H,47,49);2-15H2,1H3,(H2,17,18). The van der Waals surface area contributed by atoms with Gasteiger partial charge in [0.15, 0.2) is 0 Å². The van der Waals surface area contributed by atoms with Gasteiger partial charge in [0.05, 0.1) is 0 Å². The lowest BCUT2D eigenvalue weighted by atomic mass is 10.0. The Morgan fingerprint density at radius 1 is 0.309 bits per heavy atom. The van der Waals surface area contributed by atoms with Crippen molar-refractivity contribution in [3.8, 4) is 0 Å². The van der Waals surface area contributed by atoms with Crippen LogP contribution in [0.2, 0.25) is 0 Å². The largest absolute Gasteiger partial charge is 0.370 e. The van der Waals surface area contributed by atoms with E-state index in [-0.39, 0.29) is 23.6 Å². The Hall–Kier alpha value is -2.12. The maximum Gasteiger partial charge on any atom is 0.242 e. The number of amides is 4. The summed E-state index contributed by atoms with van der Waals surface area (Å²) in [6.07, 6.45) is 59.4. The van der Waals surface area contributed by atoms with Gasteiger partial charge in [-0.1, -0.05) is 278 Å². The highest BCUT2D eigenvalue weighted by molar-refractivity contribution is 5.87. The van der Waals surface area contributed by atoms with Crippen molar-refractivity contribution in [1.82, 2.24) is 16.0 Å². The molecule has 0 saturated carbocycles. The third kappa shape index (κ3) is 58.2. The summed E-state index contributed by atoms with van der Waals surface area (Å²) in [4.78, 5) is 48.6. The van der Waals surface area contributed by atoms with Crippen LogP contribution in [0.3, 0.4) is 0 Å². The predicted octanol–water partition coefficient (Wildman–Crippen LogP) is 17.4. The summed E-state index contributed by atoms with van der Waals surface area (Å²) in [6, 6.07) is -0.489. The second-order valence-corrected chi connectivity index (χ2v) is 20.8. The molecule has 1 atom stereocenters. The van der Waals surface area contributed by atoms with E-state index >= 15 is 0 Å². The van der Waals surface area contributed by atoms with Crippen molar-refractivity contribution >= 4 is 23.6 Å². The van der Waals surface area contributed by atoms with Crippen LogP contribution in [-0.2, 0) is 19.2 Å². The fraction of sp³-hybridized carbons (Fsp3) is 0.933. The molecule has 0 aromatic carbocycles. The van der Waals surface area contributed by atoms with E-state index < -0.39 is 6.04 Å². The molecule has 0 heterocycles. The van der Waals surface area contributed by atoms with E-state index in [0.717, 1.165) is 57.8 Å². The zero-order valence-corrected chi connectivity index (χ0v) is 46.4. The first-order valence-electron chi connectivity index (χ1n) is 30.4. The minimum Gasteiger partial charge on any atom is -0.370 e. The Morgan fingerprint density at radius 3 is 0.912 bits per heavy atom. The van der Waals surface area contributed by atoms with Crippen LogP contribution in [0.25, 0.3) is 0 Å². The molecule has 0 aromatic heterocycles. The van der Waals surface area contributed by atoms with Gasteiger partial charge in [0.25, 0.3) is 0 Å². The Labute approximate surface area is 424 Å². The van der Waals surface area contributed by atoms with E-state index in [0.29, 0.717) is 38.8 Å². The molecule has 0 aliphatic carbocycles. The molecule has 4 amide bonds. The molecule has 5 N–H and O–H groups in total. The third-order valence-corrected chi connectivity index (χ3v) is 13.8. The number of nitrogens with one attached hydrogen (secondary N) is 3. The monoisotopic (exact) mass is 961 g/mol. The summed E-state index contributed by atoms with van der Waals surface area (Å²) in [5, 5.41) is 9.16. The normalized spacial score (nSPS) is 11.5. The molecule has 0 radical (unpaired) electrons. The fourth-order valence-electron chi connectivity index (χ4n) is 9.14. The highest BCUT2D eigenvalue weighted by Gasteiger charge is 2.20. The maximum atomic E-state index is 13.0. The highest BCUT2D eigenvalue weighted by Crippen LogP contribution is 2.16. The van der Waals surface area contributed by atoms with Crippen LogP contribution < -0.4 is 21.7 Å². The number of nitrogens with two attached hydrogens (primary N) is 1. The second-order valence-electron chi connectivity index (χ2n) is 20.8. The van der Waals surface area contributed by atoms with Crippen LogP contribution in [0, 0.1) is 0 Å². The van der Waals surface area contributed by atoms with Crippen molar-refractivity contribution in [3.05, 3.63) is 0 Å². The van der Waals surface area contributed by atoms with E-state index in [1.807, 2.05) is 0 Å². The smallest absolute Gasteiger partial charge is 0.242 e. The Kier molecular flexibility index (Phi) is 59.2. The number of hydrogen-bond acceptors (Lipinski definition) is 4. The number of primary amides is 1. The van der Waals surface area contributed by atoms with Crippen molar-refractivity contribution in [2.75, 3.05) is 13.1 Å². The first-order valence-corrected chi connectivity index (χ1v) is 30.4. The molecule has 0 aliphatic heterocycles. The van der Waals surface area contributed by atoms with Gasteiger partial charge in [-0.15, -0.1) is 0 Å². The molecule has 0 bridgehead atoms. The molecule has 8 nitrogen and oxygen atoms in total. The average Bonchev–Trinajstić information content (AvgIpc) is 3.33. The minimum atomic E-state index is -0.489. The molecule has 0 fully saturated rings. The summed E-state index contributed by atoms with van der Waals surface area (Å²) in [7, 11) is 0. The minimum absolute atomic E-state index is 0.00897.